The first-order valence-electron chi connectivity index (χ1n) is 8.30. The summed E-state index contributed by atoms with van der Waals surface area (Å²) in [5.41, 5.74) is 4.53. The van der Waals surface area contributed by atoms with Crippen LogP contribution in [-0.4, -0.2) is 30.2 Å². The summed E-state index contributed by atoms with van der Waals surface area (Å²) in [5.74, 6) is -0.0749. The van der Waals surface area contributed by atoms with E-state index in [0.29, 0.717) is 6.54 Å². The number of fused-ring (bicyclic) bond motifs is 1. The van der Waals surface area contributed by atoms with Gasteiger partial charge in [0.05, 0.1) is 29.3 Å². The minimum Gasteiger partial charge on any atom is -0.350 e. The summed E-state index contributed by atoms with van der Waals surface area (Å²) >= 11 is 0. The van der Waals surface area contributed by atoms with E-state index in [4.69, 9.17) is 0 Å². The normalized spacial score (nSPS) is 11.0. The lowest BCUT2D eigenvalue weighted by Gasteiger charge is -2.09. The lowest BCUT2D eigenvalue weighted by atomic mass is 10.1. The zero-order valence-electron chi connectivity index (χ0n) is 14.3. The number of imidazole rings is 1. The van der Waals surface area contributed by atoms with Gasteiger partial charge in [-0.3, -0.25) is 14.5 Å². The lowest BCUT2D eigenvalue weighted by molar-refractivity contribution is -0.121. The van der Waals surface area contributed by atoms with Gasteiger partial charge >= 0.3 is 0 Å². The number of carbonyl (C=O) groups excluding carboxylic acids is 1. The molecule has 0 aliphatic heterocycles. The molecule has 0 aliphatic rings. The molecule has 1 amide bonds. The number of nitrogens with one attached hydrogen (secondary N) is 1. The van der Waals surface area contributed by atoms with Crippen LogP contribution in [0, 0.1) is 0 Å². The van der Waals surface area contributed by atoms with E-state index in [1.54, 1.807) is 23.4 Å². The number of aryl methyl sites for hydroxylation is 1. The summed E-state index contributed by atoms with van der Waals surface area (Å²) in [6.45, 7) is 0.631. The second kappa shape index (κ2) is 6.79. The first-order valence-corrected chi connectivity index (χ1v) is 8.30. The number of nitrogens with zero attached hydrogens (tertiary/aromatic N) is 5. The Bertz CT molecular complexity index is 1060. The Morgan fingerprint density at radius 3 is 2.88 bits per heavy atom. The summed E-state index contributed by atoms with van der Waals surface area (Å²) in [6.07, 6.45) is 7.11. The molecule has 4 rings (SSSR count). The SMILES string of the molecule is Cn1cc(-c2ncccc2CNC(=O)Cn2cnc3ccccc32)cn1. The Balaban J connectivity index is 1.47. The summed E-state index contributed by atoms with van der Waals surface area (Å²) in [5, 5.41) is 7.15. The van der Waals surface area contributed by atoms with Crippen LogP contribution in [0.4, 0.5) is 0 Å². The fourth-order valence-corrected chi connectivity index (χ4v) is 2.93. The number of rotatable bonds is 5. The number of carbonyl (C=O) groups is 1. The van der Waals surface area contributed by atoms with E-state index in [-0.39, 0.29) is 12.5 Å². The molecule has 1 aromatic carbocycles. The Morgan fingerprint density at radius 2 is 2.04 bits per heavy atom. The van der Waals surface area contributed by atoms with Crippen LogP contribution in [0.1, 0.15) is 5.56 Å². The molecule has 0 spiro atoms. The van der Waals surface area contributed by atoms with Crippen molar-refractivity contribution >= 4 is 16.9 Å². The van der Waals surface area contributed by atoms with Crippen LogP contribution in [0.2, 0.25) is 0 Å². The van der Waals surface area contributed by atoms with Crippen LogP contribution in [0.15, 0.2) is 61.3 Å². The van der Waals surface area contributed by atoms with Crippen molar-refractivity contribution in [3.8, 4) is 11.3 Å². The Labute approximate surface area is 150 Å². The molecule has 0 saturated heterocycles. The third-order valence-electron chi connectivity index (χ3n) is 4.19. The molecule has 0 saturated carbocycles. The fraction of sp³-hybridized carbons (Fsp3) is 0.158. The minimum absolute atomic E-state index is 0.0749. The second-order valence-corrected chi connectivity index (χ2v) is 6.05. The molecular formula is C19H18N6O. The molecule has 0 unspecified atom stereocenters. The van der Waals surface area contributed by atoms with Crippen LogP contribution in [0.3, 0.4) is 0 Å². The van der Waals surface area contributed by atoms with E-state index in [1.165, 1.54) is 0 Å². The summed E-state index contributed by atoms with van der Waals surface area (Å²) in [7, 11) is 1.86. The van der Waals surface area contributed by atoms with Crippen LogP contribution < -0.4 is 5.32 Å². The Kier molecular flexibility index (Phi) is 4.18. The third kappa shape index (κ3) is 3.19. The smallest absolute Gasteiger partial charge is 0.240 e. The zero-order valence-corrected chi connectivity index (χ0v) is 14.3. The van der Waals surface area contributed by atoms with Crippen molar-refractivity contribution in [2.45, 2.75) is 13.1 Å². The zero-order chi connectivity index (χ0) is 17.9. The van der Waals surface area contributed by atoms with Crippen molar-refractivity contribution in [2.75, 3.05) is 0 Å². The third-order valence-corrected chi connectivity index (χ3v) is 4.19. The predicted octanol–water partition coefficient (Wildman–Crippen LogP) is 2.15. The Hall–Kier alpha value is -3.48. The lowest BCUT2D eigenvalue weighted by Crippen LogP contribution is -2.27. The fourth-order valence-electron chi connectivity index (χ4n) is 2.93. The van der Waals surface area contributed by atoms with Crippen molar-refractivity contribution in [3.05, 3.63) is 66.9 Å². The average molecular weight is 346 g/mol. The highest BCUT2D eigenvalue weighted by molar-refractivity contribution is 5.80. The number of benzene rings is 1. The molecule has 0 atom stereocenters. The highest BCUT2D eigenvalue weighted by atomic mass is 16.1. The van der Waals surface area contributed by atoms with Gasteiger partial charge in [0.25, 0.3) is 0 Å². The van der Waals surface area contributed by atoms with Crippen molar-refractivity contribution in [1.82, 2.24) is 29.6 Å². The molecule has 130 valence electrons. The molecule has 3 aromatic heterocycles. The van der Waals surface area contributed by atoms with Crippen LogP contribution in [-0.2, 0) is 24.9 Å². The highest BCUT2D eigenvalue weighted by Crippen LogP contribution is 2.20. The molecule has 0 fully saturated rings. The molecule has 26 heavy (non-hydrogen) atoms. The maximum absolute atomic E-state index is 12.4. The first kappa shape index (κ1) is 16.0. The minimum atomic E-state index is -0.0749. The van der Waals surface area contributed by atoms with E-state index in [2.05, 4.69) is 20.4 Å². The highest BCUT2D eigenvalue weighted by Gasteiger charge is 2.11. The molecule has 7 nitrogen and oxygen atoms in total. The maximum Gasteiger partial charge on any atom is 0.240 e. The van der Waals surface area contributed by atoms with Gasteiger partial charge in [0, 0.05) is 31.5 Å². The maximum atomic E-state index is 12.4. The van der Waals surface area contributed by atoms with Gasteiger partial charge in [0.15, 0.2) is 0 Å². The van der Waals surface area contributed by atoms with Crippen LogP contribution in [0.25, 0.3) is 22.3 Å². The quantitative estimate of drug-likeness (QED) is 0.601. The van der Waals surface area contributed by atoms with E-state index < -0.39 is 0 Å². The number of para-hydroxylation sites is 2. The van der Waals surface area contributed by atoms with Gasteiger partial charge in [-0.1, -0.05) is 18.2 Å². The standard InChI is InChI=1S/C19H18N6O/c1-24-11-15(10-23-24)19-14(5-4-8-20-19)9-21-18(26)12-25-13-22-16-6-2-3-7-17(16)25/h2-8,10-11,13H,9,12H2,1H3,(H,21,26). The van der Waals surface area contributed by atoms with Gasteiger partial charge in [0.1, 0.15) is 6.54 Å². The monoisotopic (exact) mass is 346 g/mol. The largest absolute Gasteiger partial charge is 0.350 e. The van der Waals surface area contributed by atoms with Crippen molar-refractivity contribution in [1.29, 1.82) is 0 Å². The average Bonchev–Trinajstić information content (AvgIpc) is 3.27. The van der Waals surface area contributed by atoms with Gasteiger partial charge in [-0.05, 0) is 23.8 Å². The number of hydrogen-bond donors (Lipinski definition) is 1. The number of aromatic nitrogens is 5. The van der Waals surface area contributed by atoms with Gasteiger partial charge in [0.2, 0.25) is 5.91 Å². The van der Waals surface area contributed by atoms with Crippen LogP contribution >= 0.6 is 0 Å². The first-order chi connectivity index (χ1) is 12.7. The summed E-state index contributed by atoms with van der Waals surface area (Å²) < 4.78 is 3.58. The summed E-state index contributed by atoms with van der Waals surface area (Å²) in [4.78, 5) is 21.1. The molecule has 0 aliphatic carbocycles. The predicted molar refractivity (Wildman–Crippen MR) is 98.0 cm³/mol. The number of pyridine rings is 1. The van der Waals surface area contributed by atoms with Gasteiger partial charge in [-0.2, -0.15) is 5.10 Å². The van der Waals surface area contributed by atoms with E-state index in [0.717, 1.165) is 27.9 Å². The number of amides is 1. The molecule has 3 heterocycles. The topological polar surface area (TPSA) is 77.6 Å². The van der Waals surface area contributed by atoms with E-state index in [9.17, 15) is 4.79 Å². The molecule has 0 bridgehead atoms. The Morgan fingerprint density at radius 1 is 1.15 bits per heavy atom. The number of hydrogen-bond acceptors (Lipinski definition) is 4. The molecule has 1 N–H and O–H groups in total. The molecular weight excluding hydrogens is 328 g/mol. The van der Waals surface area contributed by atoms with Gasteiger partial charge in [-0.15, -0.1) is 0 Å². The second-order valence-electron chi connectivity index (χ2n) is 6.05. The summed E-state index contributed by atoms with van der Waals surface area (Å²) in [6, 6.07) is 11.6. The van der Waals surface area contributed by atoms with Crippen LogP contribution in [0.5, 0.6) is 0 Å². The van der Waals surface area contributed by atoms with Crippen molar-refractivity contribution < 1.29 is 4.79 Å². The molecule has 4 aromatic rings. The van der Waals surface area contributed by atoms with E-state index in [1.807, 2.05) is 54.2 Å². The van der Waals surface area contributed by atoms with Crippen molar-refractivity contribution in [3.63, 3.8) is 0 Å². The molecule has 0 radical (unpaired) electrons. The van der Waals surface area contributed by atoms with E-state index >= 15 is 0 Å². The van der Waals surface area contributed by atoms with Gasteiger partial charge in [-0.25, -0.2) is 4.98 Å². The van der Waals surface area contributed by atoms with Crippen molar-refractivity contribution in [2.24, 2.45) is 7.05 Å². The molecule has 7 heteroatoms. The van der Waals surface area contributed by atoms with Gasteiger partial charge < -0.3 is 9.88 Å².